The first kappa shape index (κ1) is 8.39. The fourth-order valence-corrected chi connectivity index (χ4v) is 0.323. The van der Waals surface area contributed by atoms with E-state index in [4.69, 9.17) is 11.5 Å². The molecule has 0 aromatic heterocycles. The van der Waals surface area contributed by atoms with E-state index >= 15 is 0 Å². The minimum absolute atomic E-state index is 0.597. The molecule has 4 heteroatoms. The first-order valence-corrected chi connectivity index (χ1v) is 3.03. The molecule has 9 heavy (non-hydrogen) atoms. The van der Waals surface area contributed by atoms with Gasteiger partial charge in [-0.25, -0.2) is 0 Å². The van der Waals surface area contributed by atoms with Crippen LogP contribution in [0.2, 0.25) is 0 Å². The van der Waals surface area contributed by atoms with Crippen molar-refractivity contribution in [3.8, 4) is 0 Å². The van der Waals surface area contributed by atoms with Crippen LogP contribution in [0.25, 0.3) is 0 Å². The quantitative estimate of drug-likeness (QED) is 0.405. The summed E-state index contributed by atoms with van der Waals surface area (Å²) in [5.74, 6) is 0. The van der Waals surface area contributed by atoms with Gasteiger partial charge in [-0.15, -0.1) is 0 Å². The van der Waals surface area contributed by atoms with E-state index in [0.717, 1.165) is 13.1 Å². The Balaban J connectivity index is 0.000000148. The lowest BCUT2D eigenvalue weighted by molar-refractivity contribution is 0.965. The molecule has 0 saturated carbocycles. The molecule has 4 nitrogen and oxygen atoms in total. The predicted octanol–water partition coefficient (Wildman–Crippen LogP) is -1.48. The molecule has 54 valence electrons. The van der Waals surface area contributed by atoms with Crippen LogP contribution in [-0.2, 0) is 0 Å². The molecule has 0 radical (unpaired) electrons. The standard InChI is InChI=1S/C3H6N2.C2H8N2/c1-2-5-3-4-1;3-1-2-4/h3H,1-2H2,(H,4,5);1-4H2. The van der Waals surface area contributed by atoms with Crippen molar-refractivity contribution in [2.45, 2.75) is 0 Å². The van der Waals surface area contributed by atoms with Gasteiger partial charge in [-0.1, -0.05) is 0 Å². The van der Waals surface area contributed by atoms with Crippen LogP contribution in [0.15, 0.2) is 4.99 Å². The van der Waals surface area contributed by atoms with Crippen molar-refractivity contribution in [1.29, 1.82) is 0 Å². The molecule has 0 bridgehead atoms. The van der Waals surface area contributed by atoms with Gasteiger partial charge in [0, 0.05) is 19.6 Å². The molecule has 0 saturated heterocycles. The molecule has 1 rings (SSSR count). The van der Waals surface area contributed by atoms with Gasteiger partial charge >= 0.3 is 0 Å². The van der Waals surface area contributed by atoms with E-state index in [9.17, 15) is 0 Å². The molecule has 0 amide bonds. The second-order valence-corrected chi connectivity index (χ2v) is 1.57. The Morgan fingerprint density at radius 3 is 2.22 bits per heavy atom. The Bertz CT molecular complexity index is 63.4. The molecule has 1 heterocycles. The Morgan fingerprint density at radius 2 is 2.11 bits per heavy atom. The Hall–Kier alpha value is -0.610. The second kappa shape index (κ2) is 7.39. The summed E-state index contributed by atoms with van der Waals surface area (Å²) in [5, 5.41) is 2.93. The van der Waals surface area contributed by atoms with Gasteiger partial charge in [0.15, 0.2) is 0 Å². The summed E-state index contributed by atoms with van der Waals surface area (Å²) in [6.07, 6.45) is 1.74. The molecule has 0 spiro atoms. The number of aliphatic imine (C=N–C) groups is 1. The molecule has 1 aliphatic heterocycles. The summed E-state index contributed by atoms with van der Waals surface area (Å²) in [6.45, 7) is 3.18. The van der Waals surface area contributed by atoms with Crippen LogP contribution in [0.3, 0.4) is 0 Å². The summed E-state index contributed by atoms with van der Waals surface area (Å²) < 4.78 is 0. The van der Waals surface area contributed by atoms with Gasteiger partial charge in [-0.2, -0.15) is 0 Å². The zero-order valence-electron chi connectivity index (χ0n) is 5.51. The highest BCUT2D eigenvalue weighted by atomic mass is 15.0. The molecule has 0 aromatic carbocycles. The molecule has 0 aromatic rings. The topological polar surface area (TPSA) is 76.4 Å². The van der Waals surface area contributed by atoms with Crippen molar-refractivity contribution >= 4 is 6.34 Å². The van der Waals surface area contributed by atoms with E-state index in [1.165, 1.54) is 0 Å². The van der Waals surface area contributed by atoms with Crippen molar-refractivity contribution in [3.05, 3.63) is 0 Å². The first-order valence-electron chi connectivity index (χ1n) is 3.03. The maximum Gasteiger partial charge on any atom is 0.0825 e. The Labute approximate surface area is 55.3 Å². The van der Waals surface area contributed by atoms with Crippen LogP contribution < -0.4 is 16.8 Å². The van der Waals surface area contributed by atoms with Gasteiger partial charge in [0.1, 0.15) is 0 Å². The molecular formula is C5H14N4. The molecule has 0 unspecified atom stereocenters. The molecule has 0 atom stereocenters. The van der Waals surface area contributed by atoms with Crippen LogP contribution in [0.4, 0.5) is 0 Å². The van der Waals surface area contributed by atoms with Crippen molar-refractivity contribution < 1.29 is 0 Å². The van der Waals surface area contributed by atoms with E-state index in [1.807, 2.05) is 0 Å². The maximum absolute atomic E-state index is 4.90. The third-order valence-corrected chi connectivity index (χ3v) is 0.734. The molecule has 0 fully saturated rings. The van der Waals surface area contributed by atoms with Gasteiger partial charge in [0.2, 0.25) is 0 Å². The number of hydrogen-bond donors (Lipinski definition) is 3. The van der Waals surface area contributed by atoms with Crippen molar-refractivity contribution in [2.75, 3.05) is 26.2 Å². The first-order chi connectivity index (χ1) is 4.41. The van der Waals surface area contributed by atoms with Crippen LogP contribution in [0, 0.1) is 0 Å². The molecule has 1 aliphatic rings. The Kier molecular flexibility index (Phi) is 6.89. The highest BCUT2D eigenvalue weighted by Gasteiger charge is 1.82. The summed E-state index contributed by atoms with van der Waals surface area (Å²) in [7, 11) is 0. The number of rotatable bonds is 1. The number of nitrogens with one attached hydrogen (secondary N) is 1. The SMILES string of the molecule is C1=NCCN1.NCCN. The summed E-state index contributed by atoms with van der Waals surface area (Å²) >= 11 is 0. The average molecular weight is 130 g/mol. The summed E-state index contributed by atoms with van der Waals surface area (Å²) in [6, 6.07) is 0. The minimum Gasteiger partial charge on any atom is -0.375 e. The predicted molar refractivity (Wildman–Crippen MR) is 39.5 cm³/mol. The highest BCUT2D eigenvalue weighted by molar-refractivity contribution is 5.56. The van der Waals surface area contributed by atoms with Crippen LogP contribution in [0.1, 0.15) is 0 Å². The maximum atomic E-state index is 4.90. The fourth-order valence-electron chi connectivity index (χ4n) is 0.323. The lowest BCUT2D eigenvalue weighted by Gasteiger charge is -1.75. The fraction of sp³-hybridized carbons (Fsp3) is 0.800. The summed E-state index contributed by atoms with van der Waals surface area (Å²) in [4.78, 5) is 3.85. The number of hydrogen-bond acceptors (Lipinski definition) is 4. The number of nitrogens with zero attached hydrogens (tertiary/aromatic N) is 1. The van der Waals surface area contributed by atoms with Crippen molar-refractivity contribution in [1.82, 2.24) is 5.32 Å². The monoisotopic (exact) mass is 130 g/mol. The van der Waals surface area contributed by atoms with Crippen LogP contribution >= 0.6 is 0 Å². The zero-order valence-corrected chi connectivity index (χ0v) is 5.51. The molecule has 0 aliphatic carbocycles. The lowest BCUT2D eigenvalue weighted by atomic mass is 10.7. The zero-order chi connectivity index (χ0) is 6.95. The lowest BCUT2D eigenvalue weighted by Crippen LogP contribution is -2.11. The average Bonchev–Trinajstić information content (AvgIpc) is 2.43. The third-order valence-electron chi connectivity index (χ3n) is 0.734. The third kappa shape index (κ3) is 7.39. The van der Waals surface area contributed by atoms with Crippen LogP contribution in [-0.4, -0.2) is 32.5 Å². The van der Waals surface area contributed by atoms with Gasteiger partial charge in [-0.3, -0.25) is 4.99 Å². The van der Waals surface area contributed by atoms with Crippen molar-refractivity contribution in [2.24, 2.45) is 16.5 Å². The van der Waals surface area contributed by atoms with Gasteiger partial charge in [-0.05, 0) is 0 Å². The largest absolute Gasteiger partial charge is 0.375 e. The second-order valence-electron chi connectivity index (χ2n) is 1.57. The van der Waals surface area contributed by atoms with Gasteiger partial charge in [0.25, 0.3) is 0 Å². The molecular weight excluding hydrogens is 116 g/mol. The van der Waals surface area contributed by atoms with E-state index in [1.54, 1.807) is 6.34 Å². The highest BCUT2D eigenvalue weighted by Crippen LogP contribution is 1.68. The van der Waals surface area contributed by atoms with Crippen LogP contribution in [0.5, 0.6) is 0 Å². The Morgan fingerprint density at radius 1 is 1.44 bits per heavy atom. The van der Waals surface area contributed by atoms with E-state index in [-0.39, 0.29) is 0 Å². The summed E-state index contributed by atoms with van der Waals surface area (Å²) in [5.41, 5.74) is 9.81. The van der Waals surface area contributed by atoms with Crippen molar-refractivity contribution in [3.63, 3.8) is 0 Å². The van der Waals surface area contributed by atoms with Gasteiger partial charge < -0.3 is 16.8 Å². The van der Waals surface area contributed by atoms with Gasteiger partial charge in [0.05, 0.1) is 12.9 Å². The van der Waals surface area contributed by atoms with E-state index in [2.05, 4.69) is 10.3 Å². The molecule has 5 N–H and O–H groups in total. The van der Waals surface area contributed by atoms with E-state index < -0.39 is 0 Å². The minimum atomic E-state index is 0.597. The van der Waals surface area contributed by atoms with E-state index in [0.29, 0.717) is 13.1 Å². The number of nitrogens with two attached hydrogens (primary N) is 2. The normalized spacial score (nSPS) is 14.0. The smallest absolute Gasteiger partial charge is 0.0825 e.